The molecular weight excluding hydrogens is 438 g/mol. The van der Waals surface area contributed by atoms with E-state index in [1.165, 1.54) is 0 Å². The van der Waals surface area contributed by atoms with Crippen LogP contribution in [-0.4, -0.2) is 22.2 Å². The van der Waals surface area contributed by atoms with E-state index < -0.39 is 11.9 Å². The van der Waals surface area contributed by atoms with Gasteiger partial charge in [0.25, 0.3) is 0 Å². The minimum atomic E-state index is -0.918. The van der Waals surface area contributed by atoms with Gasteiger partial charge in [-0.1, -0.05) is 6.07 Å². The van der Waals surface area contributed by atoms with Crippen molar-refractivity contribution in [2.75, 3.05) is 0 Å². The monoisotopic (exact) mass is 446 g/mol. The summed E-state index contributed by atoms with van der Waals surface area (Å²) in [5, 5.41) is 17.4. The molecule has 0 aromatic heterocycles. The van der Waals surface area contributed by atoms with Crippen molar-refractivity contribution in [3.05, 3.63) is 30.4 Å². The second-order valence-corrected chi connectivity index (χ2v) is 5.43. The standard InChI is InChI=1S/C10H8I2O4/c11-7-2-5(3-8(13)14)1-6(10(7)12)4-9(15)16/h1-2H,3-4H2,(H,13,14)(H,15,16). The summed E-state index contributed by atoms with van der Waals surface area (Å²) in [5.74, 6) is -1.83. The molecule has 6 heteroatoms. The third-order valence-corrected chi connectivity index (χ3v) is 5.02. The Morgan fingerprint density at radius 2 is 1.62 bits per heavy atom. The summed E-state index contributed by atoms with van der Waals surface area (Å²) >= 11 is 4.15. The number of rotatable bonds is 4. The van der Waals surface area contributed by atoms with Crippen molar-refractivity contribution in [2.45, 2.75) is 12.8 Å². The Kier molecular flexibility index (Phi) is 4.96. The lowest BCUT2D eigenvalue weighted by Crippen LogP contribution is -2.06. The van der Waals surface area contributed by atoms with Gasteiger partial charge in [0.05, 0.1) is 12.8 Å². The van der Waals surface area contributed by atoms with Crippen molar-refractivity contribution in [1.29, 1.82) is 0 Å². The fourth-order valence-corrected chi connectivity index (χ4v) is 2.53. The van der Waals surface area contributed by atoms with Gasteiger partial charge in [0, 0.05) is 7.14 Å². The molecule has 16 heavy (non-hydrogen) atoms. The Morgan fingerprint density at radius 3 is 2.12 bits per heavy atom. The normalized spacial score (nSPS) is 10.1. The minimum Gasteiger partial charge on any atom is -0.481 e. The van der Waals surface area contributed by atoms with Gasteiger partial charge in [-0.15, -0.1) is 0 Å². The van der Waals surface area contributed by atoms with E-state index in [1.54, 1.807) is 12.1 Å². The molecule has 4 nitrogen and oxygen atoms in total. The Morgan fingerprint density at radius 1 is 1.06 bits per heavy atom. The Labute approximate surface area is 119 Å². The molecule has 0 aliphatic heterocycles. The van der Waals surface area contributed by atoms with Gasteiger partial charge in [-0.2, -0.15) is 0 Å². The van der Waals surface area contributed by atoms with Crippen LogP contribution in [0.5, 0.6) is 0 Å². The minimum absolute atomic E-state index is 0.0816. The number of carboxylic acid groups (broad SMARTS) is 2. The summed E-state index contributed by atoms with van der Waals surface area (Å²) in [7, 11) is 0. The third-order valence-electron chi connectivity index (χ3n) is 1.86. The van der Waals surface area contributed by atoms with Crippen molar-refractivity contribution in [1.82, 2.24) is 0 Å². The van der Waals surface area contributed by atoms with Crippen molar-refractivity contribution >= 4 is 57.1 Å². The van der Waals surface area contributed by atoms with Crippen molar-refractivity contribution in [2.24, 2.45) is 0 Å². The fraction of sp³-hybridized carbons (Fsp3) is 0.200. The highest BCUT2D eigenvalue weighted by Crippen LogP contribution is 2.22. The van der Waals surface area contributed by atoms with Crippen molar-refractivity contribution < 1.29 is 19.8 Å². The molecule has 0 bridgehead atoms. The van der Waals surface area contributed by atoms with E-state index in [0.717, 1.165) is 7.14 Å². The molecule has 86 valence electrons. The second-order valence-electron chi connectivity index (χ2n) is 3.19. The van der Waals surface area contributed by atoms with Gasteiger partial charge in [0.1, 0.15) is 0 Å². The molecule has 0 fully saturated rings. The van der Waals surface area contributed by atoms with Crippen LogP contribution in [0.2, 0.25) is 0 Å². The predicted molar refractivity (Wildman–Crippen MR) is 74.6 cm³/mol. The number of benzene rings is 1. The average molecular weight is 446 g/mol. The maximum Gasteiger partial charge on any atom is 0.307 e. The molecule has 0 unspecified atom stereocenters. The number of hydrogen-bond donors (Lipinski definition) is 2. The van der Waals surface area contributed by atoms with Crippen LogP contribution >= 0.6 is 45.2 Å². The molecule has 0 spiro atoms. The fourth-order valence-electron chi connectivity index (χ4n) is 1.28. The first kappa shape index (κ1) is 13.7. The van der Waals surface area contributed by atoms with Crippen LogP contribution in [0.3, 0.4) is 0 Å². The molecule has 0 atom stereocenters. The van der Waals surface area contributed by atoms with Crippen LogP contribution in [-0.2, 0) is 22.4 Å². The van der Waals surface area contributed by atoms with Crippen LogP contribution < -0.4 is 0 Å². The molecule has 0 aliphatic rings. The SMILES string of the molecule is O=C(O)Cc1cc(I)c(I)c(CC(=O)O)c1. The van der Waals surface area contributed by atoms with Gasteiger partial charge in [0.2, 0.25) is 0 Å². The van der Waals surface area contributed by atoms with Gasteiger partial charge in [0.15, 0.2) is 0 Å². The molecule has 0 radical (unpaired) electrons. The molecule has 0 heterocycles. The van der Waals surface area contributed by atoms with E-state index in [1.807, 2.05) is 0 Å². The van der Waals surface area contributed by atoms with E-state index in [9.17, 15) is 9.59 Å². The maximum atomic E-state index is 10.6. The summed E-state index contributed by atoms with van der Waals surface area (Å²) in [5.41, 5.74) is 1.30. The van der Waals surface area contributed by atoms with E-state index in [4.69, 9.17) is 10.2 Å². The zero-order chi connectivity index (χ0) is 12.3. The third kappa shape index (κ3) is 3.89. The first-order valence-corrected chi connectivity index (χ1v) is 6.46. The Hall–Kier alpha value is -0.380. The molecule has 0 aliphatic carbocycles. The molecule has 2 N–H and O–H groups in total. The molecular formula is C10H8I2O4. The maximum absolute atomic E-state index is 10.6. The summed E-state index contributed by atoms with van der Waals surface area (Å²) in [6.07, 6.45) is -0.165. The lowest BCUT2D eigenvalue weighted by molar-refractivity contribution is -0.137. The number of carbonyl (C=O) groups is 2. The first-order chi connectivity index (χ1) is 7.40. The average Bonchev–Trinajstić information content (AvgIpc) is 2.11. The number of halogens is 2. The summed E-state index contributed by atoms with van der Waals surface area (Å²) in [6, 6.07) is 3.41. The molecule has 1 rings (SSSR count). The summed E-state index contributed by atoms with van der Waals surface area (Å²) in [4.78, 5) is 21.2. The summed E-state index contributed by atoms with van der Waals surface area (Å²) < 4.78 is 1.75. The van der Waals surface area contributed by atoms with Gasteiger partial charge in [-0.3, -0.25) is 9.59 Å². The number of aliphatic carboxylic acids is 2. The Bertz CT molecular complexity index is 443. The lowest BCUT2D eigenvalue weighted by Gasteiger charge is -2.07. The molecule has 1 aromatic rings. The summed E-state index contributed by atoms with van der Waals surface area (Å²) in [6.45, 7) is 0. The van der Waals surface area contributed by atoms with Crippen molar-refractivity contribution in [3.8, 4) is 0 Å². The predicted octanol–water partition coefficient (Wildman–Crippen LogP) is 2.15. The largest absolute Gasteiger partial charge is 0.481 e. The topological polar surface area (TPSA) is 74.6 Å². The number of carboxylic acids is 2. The van der Waals surface area contributed by atoms with Crippen LogP contribution in [0.25, 0.3) is 0 Å². The van der Waals surface area contributed by atoms with Gasteiger partial charge < -0.3 is 10.2 Å². The van der Waals surface area contributed by atoms with Gasteiger partial charge >= 0.3 is 11.9 Å². The van der Waals surface area contributed by atoms with Crippen molar-refractivity contribution in [3.63, 3.8) is 0 Å². The highest BCUT2D eigenvalue weighted by atomic mass is 127. The zero-order valence-corrected chi connectivity index (χ0v) is 12.4. The first-order valence-electron chi connectivity index (χ1n) is 4.30. The highest BCUT2D eigenvalue weighted by molar-refractivity contribution is 14.1. The molecule has 0 saturated heterocycles. The van der Waals surface area contributed by atoms with Crippen LogP contribution in [0.1, 0.15) is 11.1 Å². The lowest BCUT2D eigenvalue weighted by atomic mass is 10.1. The smallest absolute Gasteiger partial charge is 0.307 e. The van der Waals surface area contributed by atoms with E-state index in [0.29, 0.717) is 11.1 Å². The van der Waals surface area contributed by atoms with Gasteiger partial charge in [-0.05, 0) is 62.4 Å². The quantitative estimate of drug-likeness (QED) is 0.696. The number of hydrogen-bond acceptors (Lipinski definition) is 2. The van der Waals surface area contributed by atoms with Crippen LogP contribution in [0.15, 0.2) is 12.1 Å². The zero-order valence-electron chi connectivity index (χ0n) is 8.04. The highest BCUT2D eigenvalue weighted by Gasteiger charge is 2.11. The molecule has 0 saturated carbocycles. The van der Waals surface area contributed by atoms with E-state index in [2.05, 4.69) is 45.2 Å². The van der Waals surface area contributed by atoms with E-state index >= 15 is 0 Å². The van der Waals surface area contributed by atoms with Crippen LogP contribution in [0.4, 0.5) is 0 Å². The molecule has 0 amide bonds. The second kappa shape index (κ2) is 5.80. The van der Waals surface area contributed by atoms with Gasteiger partial charge in [-0.25, -0.2) is 0 Å². The molecule has 1 aromatic carbocycles. The van der Waals surface area contributed by atoms with Crippen LogP contribution in [0, 0.1) is 7.14 Å². The Balaban J connectivity index is 3.11. The van der Waals surface area contributed by atoms with E-state index in [-0.39, 0.29) is 12.8 Å².